The molecule has 4 rings (SSSR count). The summed E-state index contributed by atoms with van der Waals surface area (Å²) in [6, 6.07) is 7.82. The summed E-state index contributed by atoms with van der Waals surface area (Å²) in [4.78, 5) is 44.6. The number of amides is 2. The maximum Gasteiger partial charge on any atom is 0.438 e. The van der Waals surface area contributed by atoms with Crippen LogP contribution in [0.1, 0.15) is 29.2 Å². The minimum absolute atomic E-state index is 0.0343. The van der Waals surface area contributed by atoms with Gasteiger partial charge in [-0.25, -0.2) is 4.98 Å². The lowest BCUT2D eigenvalue weighted by Gasteiger charge is -2.36. The monoisotopic (exact) mass is 448 g/mol. The molecular formula is C21H19F3N4O4. The predicted molar refractivity (Wildman–Crippen MR) is 107 cm³/mol. The van der Waals surface area contributed by atoms with E-state index in [0.717, 1.165) is 4.57 Å². The molecule has 0 saturated carbocycles. The van der Waals surface area contributed by atoms with Crippen molar-refractivity contribution in [2.24, 2.45) is 0 Å². The van der Waals surface area contributed by atoms with Gasteiger partial charge in [-0.2, -0.15) is 13.2 Å². The summed E-state index contributed by atoms with van der Waals surface area (Å²) < 4.78 is 46.1. The molecule has 2 aromatic heterocycles. The van der Waals surface area contributed by atoms with Gasteiger partial charge in [0.1, 0.15) is 6.04 Å². The Kier molecular flexibility index (Phi) is 5.49. The molecule has 1 aromatic carbocycles. The van der Waals surface area contributed by atoms with Gasteiger partial charge in [-0.15, -0.1) is 0 Å². The van der Waals surface area contributed by atoms with Crippen molar-refractivity contribution >= 4 is 22.8 Å². The number of aromatic nitrogens is 2. The highest BCUT2D eigenvalue weighted by molar-refractivity contribution is 5.91. The van der Waals surface area contributed by atoms with Gasteiger partial charge in [0.2, 0.25) is 11.6 Å². The molecule has 3 heterocycles. The molecule has 1 atom stereocenters. The zero-order chi connectivity index (χ0) is 23.0. The van der Waals surface area contributed by atoms with E-state index in [-0.39, 0.29) is 48.9 Å². The van der Waals surface area contributed by atoms with Crippen LogP contribution in [0.3, 0.4) is 0 Å². The van der Waals surface area contributed by atoms with E-state index in [9.17, 15) is 27.6 Å². The lowest BCUT2D eigenvalue weighted by molar-refractivity contribution is -0.143. The van der Waals surface area contributed by atoms with Crippen LogP contribution in [-0.4, -0.2) is 57.3 Å². The molecule has 1 aliphatic rings. The zero-order valence-corrected chi connectivity index (χ0v) is 17.0. The number of benzene rings is 1. The number of carbonyl (C=O) groups excluding carboxylic acids is 2. The molecule has 0 spiro atoms. The summed E-state index contributed by atoms with van der Waals surface area (Å²) in [6.45, 7) is 2.21. The van der Waals surface area contributed by atoms with Crippen LogP contribution in [0.25, 0.3) is 11.0 Å². The molecule has 1 aliphatic heterocycles. The molecule has 1 saturated heterocycles. The third-order valence-corrected chi connectivity index (χ3v) is 5.42. The Balaban J connectivity index is 1.59. The number of fused-ring (bicyclic) bond motifs is 1. The lowest BCUT2D eigenvalue weighted by Crippen LogP contribution is -2.52. The summed E-state index contributed by atoms with van der Waals surface area (Å²) in [5, 5.41) is 0. The summed E-state index contributed by atoms with van der Waals surface area (Å²) in [5.41, 5.74) is -2.83. The highest BCUT2D eigenvalue weighted by atomic mass is 19.4. The number of halogens is 3. The molecular weight excluding hydrogens is 429 g/mol. The van der Waals surface area contributed by atoms with E-state index in [0.29, 0.717) is 0 Å². The van der Waals surface area contributed by atoms with Crippen LogP contribution in [0.2, 0.25) is 0 Å². The standard InChI is InChI=1S/C21H19F3N4O4/c1-13(18(29)26-8-10-27(11-9-26)19(30)16-7-4-12-32-16)28-15-6-3-2-5-14(15)25-17(20(28)31)21(22,23)24/h2-7,12-13H,8-11H2,1H3/t13-/m0/s1. The number of piperazine rings is 1. The van der Waals surface area contributed by atoms with Crippen molar-refractivity contribution in [2.45, 2.75) is 19.1 Å². The normalized spacial score (nSPS) is 15.8. The first kappa shape index (κ1) is 21.6. The van der Waals surface area contributed by atoms with Gasteiger partial charge >= 0.3 is 6.18 Å². The van der Waals surface area contributed by atoms with E-state index >= 15 is 0 Å². The van der Waals surface area contributed by atoms with Gasteiger partial charge in [0, 0.05) is 26.2 Å². The quantitative estimate of drug-likeness (QED) is 0.615. The maximum absolute atomic E-state index is 13.4. The molecule has 0 radical (unpaired) electrons. The molecule has 168 valence electrons. The van der Waals surface area contributed by atoms with Gasteiger partial charge < -0.3 is 14.2 Å². The van der Waals surface area contributed by atoms with Crippen molar-refractivity contribution in [1.29, 1.82) is 0 Å². The highest BCUT2D eigenvalue weighted by Gasteiger charge is 2.39. The highest BCUT2D eigenvalue weighted by Crippen LogP contribution is 2.27. The van der Waals surface area contributed by atoms with Crippen LogP contribution in [0, 0.1) is 0 Å². The number of carbonyl (C=O) groups is 2. The Morgan fingerprint density at radius 2 is 1.69 bits per heavy atom. The Morgan fingerprint density at radius 1 is 1.03 bits per heavy atom. The fourth-order valence-corrected chi connectivity index (χ4v) is 3.78. The smallest absolute Gasteiger partial charge is 0.438 e. The first-order valence-corrected chi connectivity index (χ1v) is 9.88. The minimum Gasteiger partial charge on any atom is -0.459 e. The minimum atomic E-state index is -4.95. The fourth-order valence-electron chi connectivity index (χ4n) is 3.78. The molecule has 1 fully saturated rings. The molecule has 2 amide bonds. The third kappa shape index (κ3) is 3.85. The third-order valence-electron chi connectivity index (χ3n) is 5.42. The molecule has 0 N–H and O–H groups in total. The van der Waals surface area contributed by atoms with Crippen molar-refractivity contribution in [2.75, 3.05) is 26.2 Å². The second-order valence-corrected chi connectivity index (χ2v) is 7.39. The maximum atomic E-state index is 13.4. The Bertz CT molecular complexity index is 1210. The van der Waals surface area contributed by atoms with Gasteiger partial charge in [0.25, 0.3) is 11.5 Å². The molecule has 0 unspecified atom stereocenters. The van der Waals surface area contributed by atoms with Gasteiger partial charge in [-0.1, -0.05) is 12.1 Å². The van der Waals surface area contributed by atoms with Gasteiger partial charge in [0.15, 0.2) is 5.76 Å². The number of rotatable bonds is 3. The van der Waals surface area contributed by atoms with Crippen molar-refractivity contribution in [1.82, 2.24) is 19.4 Å². The molecule has 0 aliphatic carbocycles. The zero-order valence-electron chi connectivity index (χ0n) is 17.0. The number of furan rings is 1. The molecule has 0 bridgehead atoms. The van der Waals surface area contributed by atoms with E-state index in [1.807, 2.05) is 0 Å². The lowest BCUT2D eigenvalue weighted by atomic mass is 10.2. The largest absolute Gasteiger partial charge is 0.459 e. The van der Waals surface area contributed by atoms with E-state index in [4.69, 9.17) is 4.42 Å². The van der Waals surface area contributed by atoms with E-state index in [2.05, 4.69) is 4.98 Å². The van der Waals surface area contributed by atoms with Crippen molar-refractivity contribution in [3.63, 3.8) is 0 Å². The van der Waals surface area contributed by atoms with Gasteiger partial charge in [0.05, 0.1) is 17.3 Å². The van der Waals surface area contributed by atoms with Crippen molar-refractivity contribution in [3.8, 4) is 0 Å². The molecule has 8 nitrogen and oxygen atoms in total. The van der Waals surface area contributed by atoms with Crippen molar-refractivity contribution in [3.05, 3.63) is 64.5 Å². The van der Waals surface area contributed by atoms with E-state index in [1.54, 1.807) is 18.2 Å². The second kappa shape index (κ2) is 8.13. The number of hydrogen-bond donors (Lipinski definition) is 0. The fraction of sp³-hybridized carbons (Fsp3) is 0.333. The SMILES string of the molecule is C[C@@H](C(=O)N1CCN(C(=O)c2ccco2)CC1)n1c(=O)c(C(F)(F)F)nc2ccccc21. The Morgan fingerprint density at radius 3 is 2.31 bits per heavy atom. The number of alkyl halides is 3. The Hall–Kier alpha value is -3.63. The summed E-state index contributed by atoms with van der Waals surface area (Å²) >= 11 is 0. The van der Waals surface area contributed by atoms with Crippen LogP contribution in [-0.2, 0) is 11.0 Å². The van der Waals surface area contributed by atoms with E-state index in [1.165, 1.54) is 41.2 Å². The van der Waals surface area contributed by atoms with Crippen LogP contribution in [0.5, 0.6) is 0 Å². The van der Waals surface area contributed by atoms with Gasteiger partial charge in [-0.05, 0) is 31.2 Å². The predicted octanol–water partition coefficient (Wildman–Crippen LogP) is 2.55. The number of nitrogens with zero attached hydrogens (tertiary/aromatic N) is 4. The van der Waals surface area contributed by atoms with Crippen LogP contribution in [0.4, 0.5) is 13.2 Å². The van der Waals surface area contributed by atoms with Crippen LogP contribution in [0.15, 0.2) is 51.9 Å². The first-order chi connectivity index (χ1) is 15.2. The summed E-state index contributed by atoms with van der Waals surface area (Å²) in [5.74, 6) is -0.629. The number of para-hydroxylation sites is 2. The van der Waals surface area contributed by atoms with Crippen LogP contribution < -0.4 is 5.56 Å². The average Bonchev–Trinajstić information content (AvgIpc) is 3.31. The molecule has 11 heteroatoms. The Labute approximate surface area is 179 Å². The first-order valence-electron chi connectivity index (χ1n) is 9.88. The summed E-state index contributed by atoms with van der Waals surface area (Å²) in [6.07, 6.45) is -3.57. The number of hydrogen-bond acceptors (Lipinski definition) is 5. The average molecular weight is 448 g/mol. The van der Waals surface area contributed by atoms with E-state index < -0.39 is 29.4 Å². The van der Waals surface area contributed by atoms with Gasteiger partial charge in [-0.3, -0.25) is 19.0 Å². The molecule has 3 aromatic rings. The second-order valence-electron chi connectivity index (χ2n) is 7.39. The van der Waals surface area contributed by atoms with Crippen molar-refractivity contribution < 1.29 is 27.2 Å². The van der Waals surface area contributed by atoms with Crippen LogP contribution >= 0.6 is 0 Å². The topological polar surface area (TPSA) is 88.7 Å². The molecule has 32 heavy (non-hydrogen) atoms. The summed E-state index contributed by atoms with van der Waals surface area (Å²) in [7, 11) is 0.